The maximum atomic E-state index is 13.3. The average molecular weight is 284 g/mol. The fraction of sp³-hybridized carbons (Fsp3) is 0.125. The minimum atomic E-state index is -0.536. The van der Waals surface area contributed by atoms with E-state index in [1.807, 2.05) is 6.92 Å². The number of anilines is 1. The van der Waals surface area contributed by atoms with E-state index in [0.717, 1.165) is 11.6 Å². The number of halogens is 1. The summed E-state index contributed by atoms with van der Waals surface area (Å²) in [5, 5.41) is 11.3. The molecule has 0 aliphatic rings. The quantitative estimate of drug-likeness (QED) is 0.830. The lowest BCUT2D eigenvalue weighted by atomic mass is 10.1. The highest BCUT2D eigenvalue weighted by Gasteiger charge is 2.12. The van der Waals surface area contributed by atoms with Crippen LogP contribution in [0.2, 0.25) is 0 Å². The number of carbonyl (C=O) groups excluding carboxylic acids is 1. The molecule has 1 aromatic heterocycles. The van der Waals surface area contributed by atoms with Crippen molar-refractivity contribution in [2.45, 2.75) is 6.92 Å². The second-order valence-corrected chi connectivity index (χ2v) is 4.32. The van der Waals surface area contributed by atoms with E-state index in [-0.39, 0.29) is 12.2 Å². The average Bonchev–Trinajstić information content (AvgIpc) is 2.48. The largest absolute Gasteiger partial charge is 0.384 e. The number of nitrogens with one attached hydrogen (secondary N) is 1. The van der Waals surface area contributed by atoms with Gasteiger partial charge in [0.25, 0.3) is 5.91 Å². The monoisotopic (exact) mass is 284 g/mol. The summed E-state index contributed by atoms with van der Waals surface area (Å²) in [6.45, 7) is 1.55. The maximum absolute atomic E-state index is 13.3. The van der Waals surface area contributed by atoms with Gasteiger partial charge in [0.1, 0.15) is 18.2 Å². The van der Waals surface area contributed by atoms with Gasteiger partial charge in [0, 0.05) is 11.8 Å². The van der Waals surface area contributed by atoms with E-state index in [1.54, 1.807) is 18.3 Å². The van der Waals surface area contributed by atoms with E-state index in [1.165, 1.54) is 12.1 Å². The number of carbonyl (C=O) groups is 1. The molecule has 1 amide bonds. The molecule has 0 radical (unpaired) electrons. The molecule has 0 saturated carbocycles. The first-order valence-electron chi connectivity index (χ1n) is 6.23. The topological polar surface area (TPSA) is 62.2 Å². The predicted octanol–water partition coefficient (Wildman–Crippen LogP) is 2.13. The molecule has 5 heteroatoms. The van der Waals surface area contributed by atoms with E-state index >= 15 is 0 Å². The van der Waals surface area contributed by atoms with E-state index in [2.05, 4.69) is 22.1 Å². The van der Waals surface area contributed by atoms with Gasteiger partial charge < -0.3 is 10.4 Å². The van der Waals surface area contributed by atoms with Crippen LogP contribution in [-0.2, 0) is 0 Å². The molecule has 2 rings (SSSR count). The highest BCUT2D eigenvalue weighted by atomic mass is 19.1. The third-order valence-corrected chi connectivity index (χ3v) is 2.68. The number of nitrogens with zero attached hydrogens (tertiary/aromatic N) is 1. The minimum Gasteiger partial charge on any atom is -0.384 e. The molecule has 2 N–H and O–H groups in total. The molecule has 1 heterocycles. The Balaban J connectivity index is 2.29. The molecule has 21 heavy (non-hydrogen) atoms. The van der Waals surface area contributed by atoms with Crippen LogP contribution in [0.25, 0.3) is 0 Å². The maximum Gasteiger partial charge on any atom is 0.258 e. The van der Waals surface area contributed by atoms with Crippen LogP contribution in [-0.4, -0.2) is 22.6 Å². The van der Waals surface area contributed by atoms with Crippen LogP contribution < -0.4 is 5.32 Å². The summed E-state index contributed by atoms with van der Waals surface area (Å²) in [6, 6.07) is 7.18. The SMILES string of the molecule is Cc1ccc(NC(=O)c2cc(F)ccc2C#CCO)nc1. The van der Waals surface area contributed by atoms with Crippen molar-refractivity contribution in [3.63, 3.8) is 0 Å². The number of aliphatic hydroxyl groups is 1. The molecule has 0 aliphatic carbocycles. The van der Waals surface area contributed by atoms with Crippen LogP contribution in [0.15, 0.2) is 36.5 Å². The van der Waals surface area contributed by atoms with E-state index in [4.69, 9.17) is 5.11 Å². The minimum absolute atomic E-state index is 0.0957. The van der Waals surface area contributed by atoms with Crippen molar-refractivity contribution in [3.8, 4) is 11.8 Å². The number of aromatic nitrogens is 1. The number of rotatable bonds is 2. The van der Waals surface area contributed by atoms with E-state index in [0.29, 0.717) is 11.4 Å². The first-order valence-corrected chi connectivity index (χ1v) is 6.23. The molecule has 106 valence electrons. The Morgan fingerprint density at radius 3 is 2.86 bits per heavy atom. The highest BCUT2D eigenvalue weighted by Crippen LogP contribution is 2.13. The fourth-order valence-electron chi connectivity index (χ4n) is 1.67. The molecule has 2 aromatic rings. The van der Waals surface area contributed by atoms with Crippen molar-refractivity contribution < 1.29 is 14.3 Å². The zero-order valence-corrected chi connectivity index (χ0v) is 11.4. The molecule has 1 aromatic carbocycles. The van der Waals surface area contributed by atoms with Crippen LogP contribution in [0.5, 0.6) is 0 Å². The van der Waals surface area contributed by atoms with Gasteiger partial charge in [-0.1, -0.05) is 17.9 Å². The number of amides is 1. The Bertz CT molecular complexity index is 715. The van der Waals surface area contributed by atoms with Crippen LogP contribution >= 0.6 is 0 Å². The van der Waals surface area contributed by atoms with Gasteiger partial charge in [-0.15, -0.1) is 0 Å². The Labute approximate surface area is 121 Å². The molecule has 0 fully saturated rings. The van der Waals surface area contributed by atoms with Gasteiger partial charge >= 0.3 is 0 Å². The van der Waals surface area contributed by atoms with Crippen molar-refractivity contribution >= 4 is 11.7 Å². The van der Waals surface area contributed by atoms with Gasteiger partial charge in [0.2, 0.25) is 0 Å². The lowest BCUT2D eigenvalue weighted by molar-refractivity contribution is 0.102. The van der Waals surface area contributed by atoms with Gasteiger partial charge in [-0.05, 0) is 36.8 Å². The fourth-order valence-corrected chi connectivity index (χ4v) is 1.67. The summed E-state index contributed by atoms with van der Waals surface area (Å²) in [7, 11) is 0. The normalized spacial score (nSPS) is 9.67. The highest BCUT2D eigenvalue weighted by molar-refractivity contribution is 6.05. The third kappa shape index (κ3) is 3.88. The number of benzene rings is 1. The molecule has 0 bridgehead atoms. The number of aliphatic hydroxyl groups excluding tert-OH is 1. The predicted molar refractivity (Wildman–Crippen MR) is 77.3 cm³/mol. The Morgan fingerprint density at radius 2 is 2.19 bits per heavy atom. The summed E-state index contributed by atoms with van der Waals surface area (Å²) in [4.78, 5) is 16.2. The van der Waals surface area contributed by atoms with Crippen molar-refractivity contribution in [2.75, 3.05) is 11.9 Å². The lowest BCUT2D eigenvalue weighted by Gasteiger charge is -2.07. The molecule has 0 unspecified atom stereocenters. The van der Waals surface area contributed by atoms with Gasteiger partial charge in [-0.25, -0.2) is 9.37 Å². The molecule has 0 saturated heterocycles. The Morgan fingerprint density at radius 1 is 1.38 bits per heavy atom. The number of aryl methyl sites for hydroxylation is 1. The molecule has 0 atom stereocenters. The number of hydrogen-bond acceptors (Lipinski definition) is 3. The van der Waals surface area contributed by atoms with Crippen molar-refractivity contribution in [1.29, 1.82) is 0 Å². The molecular weight excluding hydrogens is 271 g/mol. The van der Waals surface area contributed by atoms with E-state index in [9.17, 15) is 9.18 Å². The van der Waals surface area contributed by atoms with Crippen LogP contribution in [0.4, 0.5) is 10.2 Å². The van der Waals surface area contributed by atoms with Gasteiger partial charge in [0.15, 0.2) is 0 Å². The van der Waals surface area contributed by atoms with Gasteiger partial charge in [-0.3, -0.25) is 4.79 Å². The summed E-state index contributed by atoms with van der Waals surface area (Å²) < 4.78 is 13.3. The molecule has 0 spiro atoms. The summed E-state index contributed by atoms with van der Waals surface area (Å²) in [5.41, 5.74) is 1.40. The van der Waals surface area contributed by atoms with Gasteiger partial charge in [-0.2, -0.15) is 0 Å². The zero-order chi connectivity index (χ0) is 15.2. The summed E-state index contributed by atoms with van der Waals surface area (Å²) in [6.07, 6.45) is 1.62. The van der Waals surface area contributed by atoms with Crippen LogP contribution in [0, 0.1) is 24.6 Å². The van der Waals surface area contributed by atoms with Crippen molar-refractivity contribution in [1.82, 2.24) is 4.98 Å². The summed E-state index contributed by atoms with van der Waals surface area (Å²) >= 11 is 0. The van der Waals surface area contributed by atoms with Crippen molar-refractivity contribution in [2.24, 2.45) is 0 Å². The number of hydrogen-bond donors (Lipinski definition) is 2. The smallest absolute Gasteiger partial charge is 0.258 e. The number of pyridine rings is 1. The van der Waals surface area contributed by atoms with Crippen LogP contribution in [0.1, 0.15) is 21.5 Å². The molecular formula is C16H13FN2O2. The first kappa shape index (κ1) is 14.7. The standard InChI is InChI=1S/C16H13FN2O2/c1-11-4-7-15(18-10-11)19-16(21)14-9-13(17)6-5-12(14)3-2-8-20/h4-7,9-10,20H,8H2,1H3,(H,18,19,21). The lowest BCUT2D eigenvalue weighted by Crippen LogP contribution is -2.14. The second kappa shape index (κ2) is 6.64. The molecule has 0 aliphatic heterocycles. The van der Waals surface area contributed by atoms with E-state index < -0.39 is 11.7 Å². The second-order valence-electron chi connectivity index (χ2n) is 4.32. The third-order valence-electron chi connectivity index (χ3n) is 2.68. The Kier molecular flexibility index (Phi) is 4.64. The van der Waals surface area contributed by atoms with Crippen molar-refractivity contribution in [3.05, 3.63) is 59.0 Å². The summed E-state index contributed by atoms with van der Waals surface area (Å²) in [5.74, 6) is 4.39. The first-order chi connectivity index (χ1) is 10.1. The van der Waals surface area contributed by atoms with Gasteiger partial charge in [0.05, 0.1) is 5.56 Å². The molecule has 4 nitrogen and oxygen atoms in total. The Hall–Kier alpha value is -2.71. The zero-order valence-electron chi connectivity index (χ0n) is 11.4. The van der Waals surface area contributed by atoms with Crippen LogP contribution in [0.3, 0.4) is 0 Å².